The van der Waals surface area contributed by atoms with Gasteiger partial charge in [0, 0.05) is 57.8 Å². The van der Waals surface area contributed by atoms with Crippen LogP contribution in [0.4, 0.5) is 21.4 Å². The van der Waals surface area contributed by atoms with Gasteiger partial charge in [0.25, 0.3) is 0 Å². The quantitative estimate of drug-likeness (QED) is 0.216. The van der Waals surface area contributed by atoms with Crippen LogP contribution in [0.15, 0.2) is 11.2 Å². The lowest BCUT2D eigenvalue weighted by Crippen LogP contribution is -2.60. The lowest BCUT2D eigenvalue weighted by molar-refractivity contribution is -0.238. The molecule has 1 N–H and O–H groups in total. The van der Waals surface area contributed by atoms with Crippen LogP contribution in [-0.4, -0.2) is 130 Å². The van der Waals surface area contributed by atoms with Crippen LogP contribution in [0.25, 0.3) is 0 Å². The smallest absolute Gasteiger partial charge is 0.410 e. The number of rotatable bonds is 4. The minimum atomic E-state index is -0.901. The Morgan fingerprint density at radius 3 is 2.20 bits per heavy atom. The fourth-order valence-electron chi connectivity index (χ4n) is 9.67. The number of nitrogens with zero attached hydrogens (tertiary/aromatic N) is 7. The molecule has 0 radical (unpaired) electrons. The number of amides is 2. The molecule has 7 rings (SSSR count). The number of carbonyl (C=O) groups is 3. The number of hydrogen-bond acceptors (Lipinski definition) is 13. The zero-order valence-electron chi connectivity index (χ0n) is 33.9. The van der Waals surface area contributed by atoms with Crippen molar-refractivity contribution in [2.75, 3.05) is 62.3 Å². The van der Waals surface area contributed by atoms with E-state index < -0.39 is 28.3 Å². The Balaban J connectivity index is 1.22. The highest BCUT2D eigenvalue weighted by atomic mass is 16.7. The van der Waals surface area contributed by atoms with E-state index in [1.54, 1.807) is 11.0 Å². The number of anilines is 2. The van der Waals surface area contributed by atoms with Gasteiger partial charge >= 0.3 is 12.2 Å². The largest absolute Gasteiger partial charge is 0.444 e. The molecule has 2 amide bonds. The SMILES string of the molecule is C[C@H]1CN(C(=O)OC(C)(C)C)CCCN1c1nc(C(=O)C2CCC[C@@]3(CCCCC34OCCO4)/C2=N/O)cc(N2CCN(C(=O)OC(C)(C)C)C3(CC3)C2)n1. The molecule has 15 nitrogen and oxygen atoms in total. The molecule has 3 atom stereocenters. The summed E-state index contributed by atoms with van der Waals surface area (Å²) in [5.74, 6) is -0.819. The third kappa shape index (κ3) is 7.71. The van der Waals surface area contributed by atoms with Crippen molar-refractivity contribution in [1.29, 1.82) is 0 Å². The summed E-state index contributed by atoms with van der Waals surface area (Å²) in [6.45, 7) is 17.2. The maximum absolute atomic E-state index is 15.0. The summed E-state index contributed by atoms with van der Waals surface area (Å²) in [6, 6.07) is 1.59. The number of aromatic nitrogens is 2. The van der Waals surface area contributed by atoms with Crippen LogP contribution in [0.2, 0.25) is 0 Å². The molecule has 304 valence electrons. The standard InChI is InChI=1S/C40H61N7O8/c1-27-25-44(34(49)54-36(2,3)4)18-11-19-46(27)33-41-29(24-30(42-33)45-20-21-47(38(26-45)16-17-38)35(50)55-37(5,6)7)31(48)28-12-10-14-39(32(28)43-51)13-8-9-15-40(39)52-22-23-53-40/h24,27-28,51H,8-23,25-26H2,1-7H3/b43-32+/t27-,28?,39-/m0/s1. The number of fused-ring (bicyclic) bond motifs is 1. The average Bonchev–Trinajstić information content (AvgIpc) is 3.77. The van der Waals surface area contributed by atoms with Gasteiger partial charge in [0.2, 0.25) is 5.95 Å². The normalized spacial score (nSPS) is 28.8. The van der Waals surface area contributed by atoms with Gasteiger partial charge in [0.05, 0.1) is 35.8 Å². The molecule has 3 spiro atoms. The van der Waals surface area contributed by atoms with Crippen molar-refractivity contribution in [3.8, 4) is 0 Å². The second kappa shape index (κ2) is 14.7. The predicted octanol–water partition coefficient (Wildman–Crippen LogP) is 6.02. The summed E-state index contributed by atoms with van der Waals surface area (Å²) in [4.78, 5) is 59.4. The Morgan fingerprint density at radius 1 is 0.855 bits per heavy atom. The van der Waals surface area contributed by atoms with E-state index in [0.717, 1.165) is 44.9 Å². The predicted molar refractivity (Wildman–Crippen MR) is 205 cm³/mol. The van der Waals surface area contributed by atoms with Gasteiger partial charge in [-0.3, -0.25) is 9.69 Å². The molecule has 3 aliphatic heterocycles. The van der Waals surface area contributed by atoms with Crippen LogP contribution in [0.1, 0.15) is 123 Å². The lowest BCUT2D eigenvalue weighted by atomic mass is 9.57. The molecular weight excluding hydrogens is 706 g/mol. The second-order valence-corrected chi connectivity index (χ2v) is 18.5. The van der Waals surface area contributed by atoms with Gasteiger partial charge in [0.1, 0.15) is 22.7 Å². The number of ether oxygens (including phenoxy) is 4. The van der Waals surface area contributed by atoms with Crippen LogP contribution < -0.4 is 9.80 Å². The van der Waals surface area contributed by atoms with Crippen LogP contribution in [-0.2, 0) is 18.9 Å². The first kappa shape index (κ1) is 39.5. The summed E-state index contributed by atoms with van der Waals surface area (Å²) in [6.07, 6.45) is 6.98. The molecule has 3 saturated heterocycles. The van der Waals surface area contributed by atoms with E-state index in [9.17, 15) is 19.6 Å². The molecule has 1 aromatic heterocycles. The first-order valence-corrected chi connectivity index (χ1v) is 20.4. The molecule has 1 aromatic rings. The molecule has 55 heavy (non-hydrogen) atoms. The van der Waals surface area contributed by atoms with Gasteiger partial charge in [0.15, 0.2) is 11.6 Å². The number of hydrogen-bond donors (Lipinski definition) is 1. The Bertz CT molecular complexity index is 1660. The maximum atomic E-state index is 15.0. The van der Waals surface area contributed by atoms with Crippen molar-refractivity contribution in [1.82, 2.24) is 19.8 Å². The summed E-state index contributed by atoms with van der Waals surface area (Å²) in [7, 11) is 0. The van der Waals surface area contributed by atoms with Crippen LogP contribution in [0.3, 0.4) is 0 Å². The summed E-state index contributed by atoms with van der Waals surface area (Å²) < 4.78 is 24.2. The number of carbonyl (C=O) groups excluding carboxylic acids is 3. The van der Waals surface area contributed by atoms with E-state index in [2.05, 4.69) is 15.0 Å². The van der Waals surface area contributed by atoms with E-state index in [4.69, 9.17) is 28.9 Å². The van der Waals surface area contributed by atoms with Gasteiger partial charge in [-0.05, 0) is 93.4 Å². The van der Waals surface area contributed by atoms with Crippen molar-refractivity contribution in [2.24, 2.45) is 16.5 Å². The lowest BCUT2D eigenvalue weighted by Gasteiger charge is -2.53. The zero-order valence-corrected chi connectivity index (χ0v) is 33.9. The zero-order chi connectivity index (χ0) is 39.4. The first-order chi connectivity index (χ1) is 26.0. The third-order valence-electron chi connectivity index (χ3n) is 12.3. The van der Waals surface area contributed by atoms with Crippen LogP contribution >= 0.6 is 0 Å². The van der Waals surface area contributed by atoms with Crippen molar-refractivity contribution < 1.29 is 38.5 Å². The van der Waals surface area contributed by atoms with Crippen molar-refractivity contribution in [3.63, 3.8) is 0 Å². The van der Waals surface area contributed by atoms with Crippen molar-refractivity contribution in [2.45, 2.75) is 141 Å². The van der Waals surface area contributed by atoms with Crippen molar-refractivity contribution >= 4 is 35.4 Å². The highest BCUT2D eigenvalue weighted by Crippen LogP contribution is 2.57. The number of Topliss-reactive ketones (excluding diaryl/α,β-unsaturated/α-hetero) is 1. The Labute approximate surface area is 325 Å². The van der Waals surface area contributed by atoms with Gasteiger partial charge in [-0.2, -0.15) is 4.98 Å². The van der Waals surface area contributed by atoms with Crippen molar-refractivity contribution in [3.05, 3.63) is 11.8 Å². The minimum Gasteiger partial charge on any atom is -0.444 e. The molecule has 6 fully saturated rings. The Morgan fingerprint density at radius 2 is 1.53 bits per heavy atom. The molecule has 6 aliphatic rings. The number of oxime groups is 1. The summed E-state index contributed by atoms with van der Waals surface area (Å²) in [5, 5.41) is 14.7. The average molecular weight is 768 g/mol. The van der Waals surface area contributed by atoms with E-state index >= 15 is 0 Å². The molecule has 0 bridgehead atoms. The van der Waals surface area contributed by atoms with E-state index in [0.29, 0.717) is 89.2 Å². The molecule has 3 aliphatic carbocycles. The minimum absolute atomic E-state index is 0.182. The first-order valence-electron chi connectivity index (χ1n) is 20.4. The van der Waals surface area contributed by atoms with Gasteiger partial charge in [-0.25, -0.2) is 14.6 Å². The summed E-state index contributed by atoms with van der Waals surface area (Å²) >= 11 is 0. The van der Waals surface area contributed by atoms with E-state index in [1.807, 2.05) is 53.4 Å². The summed E-state index contributed by atoms with van der Waals surface area (Å²) in [5.41, 5.74) is -1.61. The Hall–Kier alpha value is -3.72. The highest BCUT2D eigenvalue weighted by Gasteiger charge is 2.63. The maximum Gasteiger partial charge on any atom is 0.410 e. The fourth-order valence-corrected chi connectivity index (χ4v) is 9.67. The van der Waals surface area contributed by atoms with E-state index in [-0.39, 0.29) is 35.2 Å². The van der Waals surface area contributed by atoms with Gasteiger partial charge < -0.3 is 38.9 Å². The van der Waals surface area contributed by atoms with Crippen LogP contribution in [0.5, 0.6) is 0 Å². The molecule has 1 unspecified atom stereocenters. The third-order valence-corrected chi connectivity index (χ3v) is 12.3. The van der Waals surface area contributed by atoms with Crippen LogP contribution in [0, 0.1) is 11.3 Å². The highest BCUT2D eigenvalue weighted by molar-refractivity contribution is 6.14. The monoisotopic (exact) mass is 767 g/mol. The Kier molecular flexibility index (Phi) is 10.5. The molecular formula is C40H61N7O8. The second-order valence-electron chi connectivity index (χ2n) is 18.5. The number of piperazine rings is 1. The van der Waals surface area contributed by atoms with Gasteiger partial charge in [-0.1, -0.05) is 18.0 Å². The van der Waals surface area contributed by atoms with Gasteiger partial charge in [-0.15, -0.1) is 0 Å². The topological polar surface area (TPSA) is 159 Å². The molecule has 0 aromatic carbocycles. The molecule has 15 heteroatoms. The molecule has 4 heterocycles. The molecule has 3 saturated carbocycles. The fraction of sp³-hybridized carbons (Fsp3) is 0.800. The number of ketones is 1. The van der Waals surface area contributed by atoms with E-state index in [1.165, 1.54) is 0 Å².